The van der Waals surface area contributed by atoms with Crippen molar-refractivity contribution in [3.8, 4) is 0 Å². The summed E-state index contributed by atoms with van der Waals surface area (Å²) in [5.41, 5.74) is 5.74. The van der Waals surface area contributed by atoms with Crippen molar-refractivity contribution in [2.75, 3.05) is 19.8 Å². The largest absolute Gasteiger partial charge is 0.480 e. The van der Waals surface area contributed by atoms with Gasteiger partial charge in [-0.3, -0.25) is 4.79 Å². The highest BCUT2D eigenvalue weighted by Gasteiger charge is 2.40. The molecule has 2 heterocycles. The van der Waals surface area contributed by atoms with Crippen LogP contribution < -0.4 is 5.73 Å². The van der Waals surface area contributed by atoms with Gasteiger partial charge in [0, 0.05) is 31.7 Å². The van der Waals surface area contributed by atoms with E-state index in [0.29, 0.717) is 39.0 Å². The number of carbonyl (C=O) groups excluding carboxylic acids is 1. The molecule has 17 heavy (non-hydrogen) atoms. The predicted octanol–water partition coefficient (Wildman–Crippen LogP) is -0.574. The summed E-state index contributed by atoms with van der Waals surface area (Å²) in [6, 6.07) is -0.972. The van der Waals surface area contributed by atoms with E-state index in [1.54, 1.807) is 0 Å². The van der Waals surface area contributed by atoms with E-state index in [2.05, 4.69) is 0 Å². The maximum absolute atomic E-state index is 12.2. The zero-order chi connectivity index (χ0) is 12.4. The summed E-state index contributed by atoms with van der Waals surface area (Å²) in [4.78, 5) is 24.7. The van der Waals surface area contributed by atoms with Crippen molar-refractivity contribution in [3.05, 3.63) is 0 Å². The smallest absolute Gasteiger partial charge is 0.326 e. The third-order valence-electron chi connectivity index (χ3n) is 3.47. The molecule has 0 radical (unpaired) electrons. The van der Waals surface area contributed by atoms with Gasteiger partial charge in [-0.2, -0.15) is 0 Å². The molecule has 0 spiro atoms. The first kappa shape index (κ1) is 12.3. The van der Waals surface area contributed by atoms with Gasteiger partial charge in [-0.05, 0) is 19.3 Å². The molecule has 2 fully saturated rings. The third-order valence-corrected chi connectivity index (χ3v) is 3.47. The van der Waals surface area contributed by atoms with Crippen molar-refractivity contribution >= 4 is 11.9 Å². The van der Waals surface area contributed by atoms with Crippen LogP contribution in [0.5, 0.6) is 0 Å². The summed E-state index contributed by atoms with van der Waals surface area (Å²) < 4.78 is 5.20. The molecule has 2 aliphatic heterocycles. The Kier molecular flexibility index (Phi) is 3.63. The molecular formula is C11H18N2O4. The first-order valence-corrected chi connectivity index (χ1v) is 5.96. The Morgan fingerprint density at radius 3 is 2.53 bits per heavy atom. The second-order valence-corrected chi connectivity index (χ2v) is 4.73. The first-order chi connectivity index (χ1) is 8.09. The molecule has 0 aromatic carbocycles. The predicted molar refractivity (Wildman–Crippen MR) is 59.3 cm³/mol. The summed E-state index contributed by atoms with van der Waals surface area (Å²) >= 11 is 0. The third kappa shape index (κ3) is 2.58. The normalized spacial score (nSPS) is 30.5. The molecule has 0 saturated carbocycles. The SMILES string of the molecule is NC1CC(C(=O)O)N(C(=O)C2CCOCC2)C1. The van der Waals surface area contributed by atoms with E-state index in [1.807, 2.05) is 0 Å². The molecule has 2 aliphatic rings. The minimum absolute atomic E-state index is 0.0753. The number of aliphatic carboxylic acids is 1. The molecule has 2 atom stereocenters. The molecule has 2 saturated heterocycles. The number of likely N-dealkylation sites (tertiary alicyclic amines) is 1. The number of hydrogen-bond acceptors (Lipinski definition) is 4. The number of hydrogen-bond donors (Lipinski definition) is 2. The van der Waals surface area contributed by atoms with E-state index < -0.39 is 12.0 Å². The fourth-order valence-corrected chi connectivity index (χ4v) is 2.53. The van der Waals surface area contributed by atoms with Crippen LogP contribution in [0.3, 0.4) is 0 Å². The Labute approximate surface area is 99.7 Å². The van der Waals surface area contributed by atoms with Crippen molar-refractivity contribution in [1.29, 1.82) is 0 Å². The number of carboxylic acid groups (broad SMARTS) is 1. The van der Waals surface area contributed by atoms with E-state index in [1.165, 1.54) is 4.90 Å². The van der Waals surface area contributed by atoms with Gasteiger partial charge >= 0.3 is 5.97 Å². The molecule has 1 amide bonds. The summed E-state index contributed by atoms with van der Waals surface area (Å²) in [6.45, 7) is 1.51. The fraction of sp³-hybridized carbons (Fsp3) is 0.818. The number of carboxylic acids is 1. The topological polar surface area (TPSA) is 92.9 Å². The Bertz CT molecular complexity index is 315. The van der Waals surface area contributed by atoms with Crippen LogP contribution >= 0.6 is 0 Å². The van der Waals surface area contributed by atoms with Gasteiger partial charge in [0.2, 0.25) is 5.91 Å². The minimum Gasteiger partial charge on any atom is -0.480 e. The van der Waals surface area contributed by atoms with E-state index in [0.717, 1.165) is 0 Å². The summed E-state index contributed by atoms with van der Waals surface area (Å²) in [6.07, 6.45) is 1.71. The highest BCUT2D eigenvalue weighted by molar-refractivity contribution is 5.86. The molecule has 3 N–H and O–H groups in total. The molecule has 0 aromatic heterocycles. The molecule has 96 valence electrons. The van der Waals surface area contributed by atoms with Crippen LogP contribution in [-0.2, 0) is 14.3 Å². The Morgan fingerprint density at radius 2 is 1.94 bits per heavy atom. The lowest BCUT2D eigenvalue weighted by atomic mass is 9.98. The lowest BCUT2D eigenvalue weighted by Crippen LogP contribution is -2.45. The van der Waals surface area contributed by atoms with Gasteiger partial charge < -0.3 is 20.5 Å². The highest BCUT2D eigenvalue weighted by atomic mass is 16.5. The standard InChI is InChI=1S/C11H18N2O4/c12-8-5-9(11(15)16)13(6-8)10(14)7-1-3-17-4-2-7/h7-9H,1-6,12H2,(H,15,16). The number of carbonyl (C=O) groups is 2. The molecule has 0 aliphatic carbocycles. The Morgan fingerprint density at radius 1 is 1.29 bits per heavy atom. The van der Waals surface area contributed by atoms with Gasteiger partial charge in [-0.15, -0.1) is 0 Å². The van der Waals surface area contributed by atoms with Crippen LogP contribution in [-0.4, -0.2) is 53.7 Å². The highest BCUT2D eigenvalue weighted by Crippen LogP contribution is 2.24. The number of rotatable bonds is 2. The molecule has 6 heteroatoms. The average molecular weight is 242 g/mol. The number of ether oxygens (including phenoxy) is 1. The van der Waals surface area contributed by atoms with Gasteiger partial charge in [0.05, 0.1) is 0 Å². The zero-order valence-corrected chi connectivity index (χ0v) is 9.67. The van der Waals surface area contributed by atoms with Crippen molar-refractivity contribution < 1.29 is 19.4 Å². The quantitative estimate of drug-likeness (QED) is 0.676. The van der Waals surface area contributed by atoms with Crippen LogP contribution in [0.1, 0.15) is 19.3 Å². The van der Waals surface area contributed by atoms with Gasteiger partial charge in [-0.1, -0.05) is 0 Å². The summed E-state index contributed by atoms with van der Waals surface area (Å²) in [7, 11) is 0. The van der Waals surface area contributed by atoms with Crippen LogP contribution in [0, 0.1) is 5.92 Å². The summed E-state index contributed by atoms with van der Waals surface area (Å²) in [5, 5.41) is 9.07. The maximum Gasteiger partial charge on any atom is 0.326 e. The Hall–Kier alpha value is -1.14. The second-order valence-electron chi connectivity index (χ2n) is 4.73. The molecular weight excluding hydrogens is 224 g/mol. The van der Waals surface area contributed by atoms with Gasteiger partial charge in [0.15, 0.2) is 0 Å². The second kappa shape index (κ2) is 5.01. The van der Waals surface area contributed by atoms with Crippen LogP contribution in [0.25, 0.3) is 0 Å². The Balaban J connectivity index is 2.04. The van der Waals surface area contributed by atoms with Gasteiger partial charge in [0.1, 0.15) is 6.04 Å². The van der Waals surface area contributed by atoms with Crippen LogP contribution in [0.2, 0.25) is 0 Å². The van der Waals surface area contributed by atoms with Gasteiger partial charge in [-0.25, -0.2) is 4.79 Å². The van der Waals surface area contributed by atoms with Crippen molar-refractivity contribution in [3.63, 3.8) is 0 Å². The monoisotopic (exact) mass is 242 g/mol. The first-order valence-electron chi connectivity index (χ1n) is 5.96. The lowest BCUT2D eigenvalue weighted by Gasteiger charge is -2.28. The molecule has 0 bridgehead atoms. The lowest BCUT2D eigenvalue weighted by molar-refractivity contribution is -0.151. The molecule has 2 rings (SSSR count). The number of nitrogens with two attached hydrogens (primary N) is 1. The van der Waals surface area contributed by atoms with Crippen LogP contribution in [0.15, 0.2) is 0 Å². The van der Waals surface area contributed by atoms with Gasteiger partial charge in [0.25, 0.3) is 0 Å². The van der Waals surface area contributed by atoms with Crippen LogP contribution in [0.4, 0.5) is 0 Å². The zero-order valence-electron chi connectivity index (χ0n) is 9.67. The van der Waals surface area contributed by atoms with E-state index in [-0.39, 0.29) is 17.9 Å². The number of nitrogens with zero attached hydrogens (tertiary/aromatic N) is 1. The van der Waals surface area contributed by atoms with E-state index >= 15 is 0 Å². The molecule has 0 aromatic rings. The van der Waals surface area contributed by atoms with Crippen molar-refractivity contribution in [2.45, 2.75) is 31.3 Å². The molecule has 2 unspecified atom stereocenters. The number of amides is 1. The fourth-order valence-electron chi connectivity index (χ4n) is 2.53. The maximum atomic E-state index is 12.2. The minimum atomic E-state index is -0.960. The average Bonchev–Trinajstić information content (AvgIpc) is 2.72. The summed E-state index contributed by atoms with van der Waals surface area (Å²) in [5.74, 6) is -1.14. The molecule has 6 nitrogen and oxygen atoms in total. The van der Waals surface area contributed by atoms with E-state index in [4.69, 9.17) is 15.6 Å². The van der Waals surface area contributed by atoms with Crippen molar-refractivity contribution in [2.24, 2.45) is 11.7 Å². The van der Waals surface area contributed by atoms with Crippen molar-refractivity contribution in [1.82, 2.24) is 4.90 Å². The van der Waals surface area contributed by atoms with E-state index in [9.17, 15) is 9.59 Å².